The Morgan fingerprint density at radius 1 is 0.875 bits per heavy atom. The maximum atomic E-state index is 9.67. The quantitative estimate of drug-likeness (QED) is 0.696. The van der Waals surface area contributed by atoms with E-state index in [-0.39, 0.29) is 18.2 Å². The number of rotatable bonds is 2. The second-order valence-electron chi connectivity index (χ2n) is 3.12. The average molecular weight is 254 g/mol. The van der Waals surface area contributed by atoms with Crippen molar-refractivity contribution in [2.24, 2.45) is 5.14 Å². The number of hydrogen-bond acceptors (Lipinski definition) is 2. The van der Waals surface area contributed by atoms with Crippen LogP contribution in [0.15, 0.2) is 64.4 Å². The number of nitrogens with two attached hydrogens (primary N) is 1. The van der Waals surface area contributed by atoms with Crippen LogP contribution in [0.4, 0.5) is 0 Å². The number of phenolic OH excluding ortho intramolecular Hbond substituents is 1. The highest BCUT2D eigenvalue weighted by atomic mass is 35.5. The number of phenols is 1. The standard InChI is InChI=1S/C12H11NOS.ClH/c13-15(10-6-2-1-3-7-10)12-9-5-4-8-11(12)14;/h1-9H,13H2;1H. The Labute approximate surface area is 104 Å². The molecular weight excluding hydrogens is 242 g/mol. The lowest BCUT2D eigenvalue weighted by Crippen LogP contribution is -3.00. The second kappa shape index (κ2) is 5.80. The van der Waals surface area contributed by atoms with Crippen LogP contribution in [0, 0.1) is 0 Å². The molecule has 1 unspecified atom stereocenters. The largest absolute Gasteiger partial charge is 1.00 e. The van der Waals surface area contributed by atoms with E-state index in [1.54, 1.807) is 12.1 Å². The molecule has 16 heavy (non-hydrogen) atoms. The summed E-state index contributed by atoms with van der Waals surface area (Å²) in [7, 11) is 0. The summed E-state index contributed by atoms with van der Waals surface area (Å²) in [4.78, 5) is 1.81. The number of hydrogen-bond donors (Lipinski definition) is 2. The maximum Gasteiger partial charge on any atom is 0.223 e. The molecule has 0 aliphatic rings. The lowest BCUT2D eigenvalue weighted by molar-refractivity contribution is -0.00000424. The van der Waals surface area contributed by atoms with E-state index in [1.165, 1.54) is 0 Å². The van der Waals surface area contributed by atoms with Crippen molar-refractivity contribution in [1.29, 1.82) is 0 Å². The van der Waals surface area contributed by atoms with Crippen LogP contribution in [-0.4, -0.2) is 5.11 Å². The Morgan fingerprint density at radius 2 is 1.44 bits per heavy atom. The first-order valence-electron chi connectivity index (χ1n) is 4.61. The van der Waals surface area contributed by atoms with Crippen LogP contribution < -0.4 is 17.5 Å². The van der Waals surface area contributed by atoms with Crippen LogP contribution in [0.25, 0.3) is 0 Å². The third kappa shape index (κ3) is 2.70. The highest BCUT2D eigenvalue weighted by Crippen LogP contribution is 2.26. The van der Waals surface area contributed by atoms with Gasteiger partial charge in [0.2, 0.25) is 4.90 Å². The Balaban J connectivity index is 0.00000128. The van der Waals surface area contributed by atoms with E-state index in [1.807, 2.05) is 42.5 Å². The van der Waals surface area contributed by atoms with Crippen molar-refractivity contribution in [3.05, 3.63) is 54.6 Å². The molecule has 0 spiro atoms. The molecule has 3 N–H and O–H groups in total. The molecule has 0 aromatic heterocycles. The minimum atomic E-state index is -0.558. The fourth-order valence-electron chi connectivity index (χ4n) is 1.34. The molecule has 2 rings (SSSR count). The third-order valence-corrected chi connectivity index (χ3v) is 3.70. The molecule has 0 saturated heterocycles. The van der Waals surface area contributed by atoms with Crippen molar-refractivity contribution in [3.8, 4) is 5.75 Å². The van der Waals surface area contributed by atoms with E-state index in [0.717, 1.165) is 9.79 Å². The van der Waals surface area contributed by atoms with Crippen LogP contribution in [0.1, 0.15) is 0 Å². The SMILES string of the molecule is N[S+](c1ccccc1)c1ccccc1O.[Cl-]. The summed E-state index contributed by atoms with van der Waals surface area (Å²) in [6.45, 7) is 0. The number of halogens is 1. The molecule has 0 saturated carbocycles. The first-order valence-corrected chi connectivity index (χ1v) is 5.89. The molecule has 0 amide bonds. The predicted octanol–water partition coefficient (Wildman–Crippen LogP) is -0.694. The molecule has 2 aromatic rings. The van der Waals surface area contributed by atoms with Crippen molar-refractivity contribution < 1.29 is 17.5 Å². The molecule has 0 radical (unpaired) electrons. The van der Waals surface area contributed by atoms with Gasteiger partial charge in [0.05, 0.1) is 0 Å². The molecule has 0 aliphatic heterocycles. The average Bonchev–Trinajstić information content (AvgIpc) is 2.30. The second-order valence-corrected chi connectivity index (χ2v) is 4.71. The zero-order valence-electron chi connectivity index (χ0n) is 8.51. The zero-order chi connectivity index (χ0) is 10.7. The van der Waals surface area contributed by atoms with Gasteiger partial charge in [0.1, 0.15) is 0 Å². The van der Waals surface area contributed by atoms with Crippen LogP contribution in [-0.2, 0) is 11.1 Å². The molecule has 4 heteroatoms. The van der Waals surface area contributed by atoms with Crippen molar-refractivity contribution in [2.45, 2.75) is 9.79 Å². The van der Waals surface area contributed by atoms with Gasteiger partial charge in [0.15, 0.2) is 21.7 Å². The predicted molar refractivity (Wildman–Crippen MR) is 62.6 cm³/mol. The van der Waals surface area contributed by atoms with E-state index >= 15 is 0 Å². The van der Waals surface area contributed by atoms with E-state index in [4.69, 9.17) is 5.14 Å². The van der Waals surface area contributed by atoms with Gasteiger partial charge in [0.25, 0.3) is 0 Å². The summed E-state index contributed by atoms with van der Waals surface area (Å²) in [5, 5.41) is 15.8. The van der Waals surface area contributed by atoms with E-state index in [2.05, 4.69) is 0 Å². The fraction of sp³-hybridized carbons (Fsp3) is 0. The first-order chi connectivity index (χ1) is 7.29. The van der Waals surface area contributed by atoms with Gasteiger partial charge in [-0.25, -0.2) is 0 Å². The first kappa shape index (κ1) is 12.9. The summed E-state index contributed by atoms with van der Waals surface area (Å²) in [5.41, 5.74) is 0. The third-order valence-electron chi connectivity index (χ3n) is 2.10. The van der Waals surface area contributed by atoms with Crippen molar-refractivity contribution in [3.63, 3.8) is 0 Å². The van der Waals surface area contributed by atoms with E-state index in [0.29, 0.717) is 0 Å². The summed E-state index contributed by atoms with van der Waals surface area (Å²) in [5.74, 6) is 0.257. The van der Waals surface area contributed by atoms with Gasteiger partial charge in [0, 0.05) is 0 Å². The molecule has 0 bridgehead atoms. The van der Waals surface area contributed by atoms with Crippen molar-refractivity contribution >= 4 is 11.1 Å². The summed E-state index contributed by atoms with van der Waals surface area (Å²) < 4.78 is 0. The van der Waals surface area contributed by atoms with Crippen molar-refractivity contribution in [1.82, 2.24) is 0 Å². The lowest BCUT2D eigenvalue weighted by atomic mass is 10.3. The van der Waals surface area contributed by atoms with Gasteiger partial charge in [-0.2, -0.15) is 0 Å². The van der Waals surface area contributed by atoms with Crippen LogP contribution in [0.5, 0.6) is 5.75 Å². The molecule has 1 atom stereocenters. The molecule has 2 nitrogen and oxygen atoms in total. The highest BCUT2D eigenvalue weighted by molar-refractivity contribution is 7.95. The van der Waals surface area contributed by atoms with Gasteiger partial charge in [-0.1, -0.05) is 30.3 Å². The van der Waals surface area contributed by atoms with Gasteiger partial charge in [-0.3, -0.25) is 0 Å². The molecule has 84 valence electrons. The van der Waals surface area contributed by atoms with E-state index in [9.17, 15) is 5.11 Å². The number of benzene rings is 2. The number of para-hydroxylation sites is 1. The smallest absolute Gasteiger partial charge is 0.223 e. The monoisotopic (exact) mass is 253 g/mol. The van der Waals surface area contributed by atoms with Gasteiger partial charge < -0.3 is 17.5 Å². The summed E-state index contributed by atoms with van der Waals surface area (Å²) >= 11 is -0.558. The maximum absolute atomic E-state index is 9.67. The molecule has 0 aliphatic carbocycles. The van der Waals surface area contributed by atoms with Crippen LogP contribution in [0.3, 0.4) is 0 Å². The van der Waals surface area contributed by atoms with Crippen LogP contribution in [0.2, 0.25) is 0 Å². The Kier molecular flexibility index (Phi) is 4.68. The normalized spacial score (nSPS) is 11.6. The molecule has 0 heterocycles. The lowest BCUT2D eigenvalue weighted by Gasteiger charge is -2.02. The van der Waals surface area contributed by atoms with Crippen LogP contribution >= 0.6 is 0 Å². The fourth-order valence-corrected chi connectivity index (χ4v) is 2.56. The van der Waals surface area contributed by atoms with Gasteiger partial charge >= 0.3 is 0 Å². The molecule has 0 fully saturated rings. The molecule has 2 aromatic carbocycles. The van der Waals surface area contributed by atoms with E-state index < -0.39 is 11.1 Å². The van der Waals surface area contributed by atoms with Crippen molar-refractivity contribution in [2.75, 3.05) is 0 Å². The Morgan fingerprint density at radius 3 is 2.06 bits per heavy atom. The minimum Gasteiger partial charge on any atom is -1.00 e. The van der Waals surface area contributed by atoms with Gasteiger partial charge in [-0.05, 0) is 24.3 Å². The zero-order valence-corrected chi connectivity index (χ0v) is 10.1. The van der Waals surface area contributed by atoms with Gasteiger partial charge in [-0.15, -0.1) is 5.14 Å². The number of aromatic hydroxyl groups is 1. The molecular formula is C12H12ClNOS. The topological polar surface area (TPSA) is 46.2 Å². The minimum absolute atomic E-state index is 0. The Bertz CT molecular complexity index is 450. The highest BCUT2D eigenvalue weighted by Gasteiger charge is 2.23. The Hall–Kier alpha value is -1.16. The summed E-state index contributed by atoms with van der Waals surface area (Å²) in [6, 6.07) is 17.0. The summed E-state index contributed by atoms with van der Waals surface area (Å²) in [6.07, 6.45) is 0.